The number of rotatable bonds is 4. The Hall–Kier alpha value is -2.88. The van der Waals surface area contributed by atoms with Crippen molar-refractivity contribution in [3.63, 3.8) is 0 Å². The van der Waals surface area contributed by atoms with Gasteiger partial charge in [0.15, 0.2) is 6.10 Å². The Morgan fingerprint density at radius 1 is 1.42 bits per heavy atom. The molecular weight excluding hydrogens is 360 g/mol. The SMILES string of the molecule is CC[C@H]1Oc2ccc(S(=O)(=O)NC(=O)c3cn(C)nc3C)cc2NC1=O. The van der Waals surface area contributed by atoms with E-state index in [2.05, 4.69) is 10.4 Å². The Morgan fingerprint density at radius 2 is 2.15 bits per heavy atom. The number of anilines is 1. The third-order valence-corrected chi connectivity index (χ3v) is 5.27. The van der Waals surface area contributed by atoms with Gasteiger partial charge in [0, 0.05) is 13.2 Å². The summed E-state index contributed by atoms with van der Waals surface area (Å²) in [7, 11) is -2.50. The summed E-state index contributed by atoms with van der Waals surface area (Å²) < 4.78 is 34.0. The molecule has 3 rings (SSSR count). The lowest BCUT2D eigenvalue weighted by molar-refractivity contribution is -0.123. The number of sulfonamides is 1. The summed E-state index contributed by atoms with van der Waals surface area (Å²) in [4.78, 5) is 24.0. The molecule has 1 aromatic heterocycles. The largest absolute Gasteiger partial charge is 0.478 e. The van der Waals surface area contributed by atoms with E-state index in [1.807, 2.05) is 11.6 Å². The summed E-state index contributed by atoms with van der Waals surface area (Å²) in [5.41, 5.74) is 0.820. The topological polar surface area (TPSA) is 119 Å². The second-order valence-corrected chi connectivity index (χ2v) is 7.58. The first kappa shape index (κ1) is 17.9. The number of fused-ring (bicyclic) bond motifs is 1. The first-order valence-electron chi connectivity index (χ1n) is 7.90. The predicted molar refractivity (Wildman–Crippen MR) is 92.4 cm³/mol. The van der Waals surface area contributed by atoms with Crippen LogP contribution >= 0.6 is 0 Å². The number of benzene rings is 1. The second-order valence-electron chi connectivity index (χ2n) is 5.90. The summed E-state index contributed by atoms with van der Waals surface area (Å²) in [5, 5.41) is 6.63. The molecule has 1 aliphatic rings. The van der Waals surface area contributed by atoms with Crippen LogP contribution in [0.25, 0.3) is 0 Å². The molecule has 0 bridgehead atoms. The van der Waals surface area contributed by atoms with Gasteiger partial charge < -0.3 is 10.1 Å². The molecule has 26 heavy (non-hydrogen) atoms. The molecule has 0 radical (unpaired) electrons. The number of nitrogens with zero attached hydrogens (tertiary/aromatic N) is 2. The average molecular weight is 378 g/mol. The molecule has 1 atom stereocenters. The maximum Gasteiger partial charge on any atom is 0.268 e. The van der Waals surface area contributed by atoms with Crippen LogP contribution in [-0.4, -0.2) is 36.1 Å². The van der Waals surface area contributed by atoms with Crippen molar-refractivity contribution in [3.05, 3.63) is 35.7 Å². The van der Waals surface area contributed by atoms with E-state index in [9.17, 15) is 18.0 Å². The minimum absolute atomic E-state index is 0.162. The molecule has 0 spiro atoms. The Balaban J connectivity index is 1.86. The summed E-state index contributed by atoms with van der Waals surface area (Å²) in [5.74, 6) is -0.742. The number of aromatic nitrogens is 2. The van der Waals surface area contributed by atoms with Crippen LogP contribution in [0.4, 0.5) is 5.69 Å². The van der Waals surface area contributed by atoms with E-state index in [0.717, 1.165) is 0 Å². The molecule has 9 nitrogen and oxygen atoms in total. The molecule has 0 unspecified atom stereocenters. The molecular formula is C16H18N4O5S. The van der Waals surface area contributed by atoms with E-state index in [-0.39, 0.29) is 22.1 Å². The Labute approximate surface area is 150 Å². The van der Waals surface area contributed by atoms with Crippen molar-refractivity contribution in [1.29, 1.82) is 0 Å². The van der Waals surface area contributed by atoms with Crippen LogP contribution in [0.2, 0.25) is 0 Å². The molecule has 0 saturated carbocycles. The van der Waals surface area contributed by atoms with Crippen LogP contribution in [0.5, 0.6) is 5.75 Å². The van der Waals surface area contributed by atoms with Crippen LogP contribution in [0.3, 0.4) is 0 Å². The van der Waals surface area contributed by atoms with E-state index >= 15 is 0 Å². The van der Waals surface area contributed by atoms with Crippen molar-refractivity contribution in [2.75, 3.05) is 5.32 Å². The fourth-order valence-electron chi connectivity index (χ4n) is 2.62. The highest BCUT2D eigenvalue weighted by Crippen LogP contribution is 2.32. The lowest BCUT2D eigenvalue weighted by Gasteiger charge is -2.25. The van der Waals surface area contributed by atoms with Crippen molar-refractivity contribution in [2.45, 2.75) is 31.3 Å². The lowest BCUT2D eigenvalue weighted by Crippen LogP contribution is -2.36. The zero-order chi connectivity index (χ0) is 19.1. The van der Waals surface area contributed by atoms with Gasteiger partial charge in [0.25, 0.3) is 21.8 Å². The predicted octanol–water partition coefficient (Wildman–Crippen LogP) is 0.957. The minimum atomic E-state index is -4.13. The number of aryl methyl sites for hydroxylation is 2. The molecule has 2 amide bonds. The third kappa shape index (κ3) is 3.27. The molecule has 0 aliphatic carbocycles. The molecule has 2 heterocycles. The highest BCUT2D eigenvalue weighted by molar-refractivity contribution is 7.90. The molecule has 10 heteroatoms. The summed E-state index contributed by atoms with van der Waals surface area (Å²) >= 11 is 0. The molecule has 2 N–H and O–H groups in total. The highest BCUT2D eigenvalue weighted by atomic mass is 32.2. The van der Waals surface area contributed by atoms with Gasteiger partial charge in [-0.25, -0.2) is 13.1 Å². The number of ether oxygens (including phenoxy) is 1. The van der Waals surface area contributed by atoms with Gasteiger partial charge in [-0.05, 0) is 31.5 Å². The zero-order valence-corrected chi connectivity index (χ0v) is 15.3. The quantitative estimate of drug-likeness (QED) is 0.818. The number of hydrogen-bond acceptors (Lipinski definition) is 6. The van der Waals surface area contributed by atoms with Gasteiger partial charge in [-0.3, -0.25) is 14.3 Å². The summed E-state index contributed by atoms with van der Waals surface area (Å²) in [6.07, 6.45) is 1.32. The van der Waals surface area contributed by atoms with Crippen LogP contribution < -0.4 is 14.8 Å². The highest BCUT2D eigenvalue weighted by Gasteiger charge is 2.28. The fourth-order valence-corrected chi connectivity index (χ4v) is 3.62. The van der Waals surface area contributed by atoms with Gasteiger partial charge in [0.05, 0.1) is 21.8 Å². The van der Waals surface area contributed by atoms with Crippen molar-refractivity contribution < 1.29 is 22.7 Å². The number of carbonyl (C=O) groups is 2. The van der Waals surface area contributed by atoms with Crippen LogP contribution in [-0.2, 0) is 21.9 Å². The first-order valence-corrected chi connectivity index (χ1v) is 9.38. The molecule has 138 valence electrons. The van der Waals surface area contributed by atoms with Gasteiger partial charge in [0.1, 0.15) is 5.75 Å². The maximum absolute atomic E-state index is 12.5. The second kappa shape index (κ2) is 6.45. The monoisotopic (exact) mass is 378 g/mol. The van der Waals surface area contributed by atoms with E-state index in [1.54, 1.807) is 14.0 Å². The Morgan fingerprint density at radius 3 is 2.77 bits per heavy atom. The van der Waals surface area contributed by atoms with E-state index in [1.165, 1.54) is 29.1 Å². The van der Waals surface area contributed by atoms with Gasteiger partial charge in [-0.2, -0.15) is 5.10 Å². The first-order chi connectivity index (χ1) is 12.2. The zero-order valence-electron chi connectivity index (χ0n) is 14.4. The molecule has 0 fully saturated rings. The van der Waals surface area contributed by atoms with Crippen LogP contribution in [0.1, 0.15) is 29.4 Å². The van der Waals surface area contributed by atoms with Crippen molar-refractivity contribution in [3.8, 4) is 5.75 Å². The normalized spacial score (nSPS) is 16.4. The smallest absolute Gasteiger partial charge is 0.268 e. The van der Waals surface area contributed by atoms with Crippen LogP contribution in [0.15, 0.2) is 29.3 Å². The average Bonchev–Trinajstić information content (AvgIpc) is 2.91. The summed E-state index contributed by atoms with van der Waals surface area (Å²) in [6.45, 7) is 3.42. The van der Waals surface area contributed by atoms with Gasteiger partial charge in [-0.1, -0.05) is 6.92 Å². The van der Waals surface area contributed by atoms with E-state index in [4.69, 9.17) is 4.74 Å². The van der Waals surface area contributed by atoms with Crippen molar-refractivity contribution in [1.82, 2.24) is 14.5 Å². The van der Waals surface area contributed by atoms with Gasteiger partial charge in [-0.15, -0.1) is 0 Å². The van der Waals surface area contributed by atoms with E-state index < -0.39 is 22.0 Å². The Bertz CT molecular complexity index is 996. The Kier molecular flexibility index (Phi) is 4.45. The third-order valence-electron chi connectivity index (χ3n) is 3.94. The number of amides is 2. The molecule has 1 aromatic carbocycles. The van der Waals surface area contributed by atoms with Gasteiger partial charge >= 0.3 is 0 Å². The fraction of sp³-hybridized carbons (Fsp3) is 0.312. The van der Waals surface area contributed by atoms with Crippen molar-refractivity contribution in [2.24, 2.45) is 7.05 Å². The van der Waals surface area contributed by atoms with Crippen molar-refractivity contribution >= 4 is 27.5 Å². The molecule has 1 aliphatic heterocycles. The van der Waals surface area contributed by atoms with E-state index in [0.29, 0.717) is 17.9 Å². The lowest BCUT2D eigenvalue weighted by atomic mass is 10.2. The van der Waals surface area contributed by atoms with Crippen LogP contribution in [0, 0.1) is 6.92 Å². The standard InChI is InChI=1S/C16H18N4O5S/c1-4-13-16(22)17-12-7-10(5-6-14(12)25-13)26(23,24)19-15(21)11-8-20(3)18-9(11)2/h5-8,13H,4H2,1-3H3,(H,17,22)(H,19,21)/t13-/m1/s1. The van der Waals surface area contributed by atoms with Gasteiger partial charge in [0.2, 0.25) is 0 Å². The molecule has 0 saturated heterocycles. The number of carbonyl (C=O) groups excluding carboxylic acids is 2. The number of hydrogen-bond donors (Lipinski definition) is 2. The minimum Gasteiger partial charge on any atom is -0.478 e. The maximum atomic E-state index is 12.5. The number of nitrogens with one attached hydrogen (secondary N) is 2. The summed E-state index contributed by atoms with van der Waals surface area (Å²) in [6, 6.07) is 4.02. The molecule has 2 aromatic rings.